The highest BCUT2D eigenvalue weighted by atomic mass is 19.2. The van der Waals surface area contributed by atoms with E-state index in [0.717, 1.165) is 12.1 Å². The number of benzene rings is 2. The monoisotopic (exact) mass is 575 g/mol. The largest absolute Gasteiger partial charge is 0.417 e. The van der Waals surface area contributed by atoms with E-state index in [1.54, 1.807) is 18.2 Å². The summed E-state index contributed by atoms with van der Waals surface area (Å²) in [7, 11) is 1.42. The lowest BCUT2D eigenvalue weighted by Crippen LogP contribution is -2.57. The van der Waals surface area contributed by atoms with Gasteiger partial charge in [-0.1, -0.05) is 16.4 Å². The number of aromatic nitrogens is 4. The number of fused-ring (bicyclic) bond motifs is 1. The molecule has 6 rings (SSSR count). The molecular weight excluding hydrogens is 551 g/mol. The molecule has 0 unspecified atom stereocenters. The smallest absolute Gasteiger partial charge is 0.408 e. The number of H-pyrrole nitrogens is 1. The Hall–Kier alpha value is -4.05. The minimum absolute atomic E-state index is 0.0286. The number of halogens is 3. The van der Waals surface area contributed by atoms with Crippen LogP contribution in [0.5, 0.6) is 0 Å². The molecule has 41 heavy (non-hydrogen) atoms. The summed E-state index contributed by atoms with van der Waals surface area (Å²) in [5, 5.41) is 33.1. The average molecular weight is 576 g/mol. The minimum atomic E-state index is -1.60. The molecular formula is C26H24F3N5O7. The van der Waals surface area contributed by atoms with E-state index in [0.29, 0.717) is 28.8 Å². The quantitative estimate of drug-likeness (QED) is 0.281. The fourth-order valence-corrected chi connectivity index (χ4v) is 5.32. The van der Waals surface area contributed by atoms with Crippen LogP contribution in [0.15, 0.2) is 50.9 Å². The van der Waals surface area contributed by atoms with E-state index < -0.39 is 66.4 Å². The molecule has 2 aliphatic rings. The van der Waals surface area contributed by atoms with Crippen LogP contribution in [0.3, 0.4) is 0 Å². The van der Waals surface area contributed by atoms with Gasteiger partial charge in [-0.3, -0.25) is 4.98 Å². The number of aliphatic hydroxyl groups is 2. The number of ether oxygens (including phenoxy) is 2. The minimum Gasteiger partial charge on any atom is -0.408 e. The van der Waals surface area contributed by atoms with Gasteiger partial charge in [0.25, 0.3) is 0 Å². The number of aromatic amines is 1. The summed E-state index contributed by atoms with van der Waals surface area (Å²) >= 11 is 0. The first kappa shape index (κ1) is 27.1. The van der Waals surface area contributed by atoms with Gasteiger partial charge in [-0.25, -0.2) is 22.6 Å². The van der Waals surface area contributed by atoms with Crippen molar-refractivity contribution in [1.82, 2.24) is 20.0 Å². The second-order valence-electron chi connectivity index (χ2n) is 9.85. The number of nitrogens with zero attached hydrogens (tertiary/aromatic N) is 4. The van der Waals surface area contributed by atoms with E-state index in [9.17, 15) is 28.2 Å². The highest BCUT2D eigenvalue weighted by Gasteiger charge is 2.48. The molecule has 4 aromatic rings. The first-order valence-corrected chi connectivity index (χ1v) is 12.7. The lowest BCUT2D eigenvalue weighted by molar-refractivity contribution is -0.219. The van der Waals surface area contributed by atoms with Crippen LogP contribution in [0.2, 0.25) is 0 Å². The highest BCUT2D eigenvalue weighted by Crippen LogP contribution is 2.36. The van der Waals surface area contributed by atoms with Gasteiger partial charge in [0, 0.05) is 31.1 Å². The Morgan fingerprint density at radius 2 is 1.93 bits per heavy atom. The molecule has 2 aromatic carbocycles. The Labute approximate surface area is 228 Å². The van der Waals surface area contributed by atoms with Gasteiger partial charge in [0.05, 0.1) is 30.1 Å². The number of aliphatic hydroxyl groups excluding tert-OH is 2. The van der Waals surface area contributed by atoms with Crippen LogP contribution < -0.4 is 5.76 Å². The standard InChI is InChI=1S/C26H24F3N5O7/c1-38-25-20(8-13-7-17(32-41-13)11-2-3-16-19(6-11)40-26(37)30-16)39-21(10-35)24(36)23(25)34-9-18(31-33-34)12-4-14(27)22(29)15(28)5-12/h2-6,9,13,20-21,23-25,35-36H,7-8,10H2,1H3,(H,30,37)/t13-,20+,21+,23-,24-,25-/m0/s1. The summed E-state index contributed by atoms with van der Waals surface area (Å²) < 4.78 is 59.1. The van der Waals surface area contributed by atoms with Crippen molar-refractivity contribution in [2.75, 3.05) is 13.7 Å². The maximum absolute atomic E-state index is 13.8. The van der Waals surface area contributed by atoms with Crippen LogP contribution in [0.25, 0.3) is 22.4 Å². The van der Waals surface area contributed by atoms with Crippen LogP contribution in [0.4, 0.5) is 13.2 Å². The summed E-state index contributed by atoms with van der Waals surface area (Å²) in [6.45, 7) is -0.518. The zero-order valence-corrected chi connectivity index (χ0v) is 21.4. The van der Waals surface area contributed by atoms with E-state index >= 15 is 0 Å². The van der Waals surface area contributed by atoms with Gasteiger partial charge < -0.3 is 28.9 Å². The number of oxime groups is 1. The number of hydrogen-bond acceptors (Lipinski definition) is 10. The molecule has 1 saturated heterocycles. The molecule has 0 radical (unpaired) electrons. The Balaban J connectivity index is 1.22. The SMILES string of the molecule is CO[C@@H]1[C@@H](n2cc(-c3cc(F)c(F)c(F)c3)nn2)[C@@H](O)[C@@H](CO)O[C@@H]1C[C@@H]1CC(c2ccc3[nH]c(=O)oc3c2)=NO1. The molecule has 2 aliphatic heterocycles. The second kappa shape index (κ2) is 10.7. The summed E-state index contributed by atoms with van der Waals surface area (Å²) in [5.41, 5.74) is 2.25. The predicted molar refractivity (Wildman–Crippen MR) is 134 cm³/mol. The molecule has 1 fully saturated rings. The van der Waals surface area contributed by atoms with Gasteiger partial charge in [-0.05, 0) is 24.3 Å². The molecule has 0 spiro atoms. The lowest BCUT2D eigenvalue weighted by Gasteiger charge is -2.44. The van der Waals surface area contributed by atoms with Crippen molar-refractivity contribution in [2.45, 2.75) is 49.4 Å². The third-order valence-electron chi connectivity index (χ3n) is 7.31. The van der Waals surface area contributed by atoms with E-state index in [1.807, 2.05) is 0 Å². The molecule has 3 N–H and O–H groups in total. The number of rotatable bonds is 7. The van der Waals surface area contributed by atoms with Gasteiger partial charge in [0.1, 0.15) is 36.2 Å². The predicted octanol–water partition coefficient (Wildman–Crippen LogP) is 2.06. The fourth-order valence-electron chi connectivity index (χ4n) is 5.32. The van der Waals surface area contributed by atoms with Gasteiger partial charge >= 0.3 is 5.76 Å². The summed E-state index contributed by atoms with van der Waals surface area (Å²) in [6.07, 6.45) is -2.31. The Morgan fingerprint density at radius 1 is 1.15 bits per heavy atom. The molecule has 12 nitrogen and oxygen atoms in total. The molecule has 4 heterocycles. The molecule has 216 valence electrons. The Kier molecular flexibility index (Phi) is 7.11. The first-order chi connectivity index (χ1) is 19.7. The van der Waals surface area contributed by atoms with Gasteiger partial charge in [-0.15, -0.1) is 5.10 Å². The number of methoxy groups -OCH3 is 1. The van der Waals surface area contributed by atoms with Crippen LogP contribution >= 0.6 is 0 Å². The highest BCUT2D eigenvalue weighted by molar-refractivity contribution is 6.03. The molecule has 0 saturated carbocycles. The summed E-state index contributed by atoms with van der Waals surface area (Å²) in [6, 6.07) is 5.82. The van der Waals surface area contributed by atoms with Crippen molar-refractivity contribution in [1.29, 1.82) is 0 Å². The molecule has 0 bridgehead atoms. The zero-order valence-electron chi connectivity index (χ0n) is 21.4. The van der Waals surface area contributed by atoms with Crippen LogP contribution in [0.1, 0.15) is 24.4 Å². The van der Waals surface area contributed by atoms with E-state index in [1.165, 1.54) is 18.0 Å². The number of oxazole rings is 1. The van der Waals surface area contributed by atoms with E-state index in [4.69, 9.17) is 18.7 Å². The average Bonchev–Trinajstić information content (AvgIpc) is 3.71. The molecule has 6 atom stereocenters. The van der Waals surface area contributed by atoms with Crippen LogP contribution in [-0.4, -0.2) is 80.1 Å². The Bertz CT molecular complexity index is 1650. The van der Waals surface area contributed by atoms with Crippen molar-refractivity contribution in [3.63, 3.8) is 0 Å². The third-order valence-corrected chi connectivity index (χ3v) is 7.31. The first-order valence-electron chi connectivity index (χ1n) is 12.7. The molecule has 15 heteroatoms. The third kappa shape index (κ3) is 5.01. The van der Waals surface area contributed by atoms with Crippen molar-refractivity contribution in [3.8, 4) is 11.3 Å². The number of nitrogens with one attached hydrogen (secondary N) is 1. The van der Waals surface area contributed by atoms with Crippen molar-refractivity contribution >= 4 is 16.8 Å². The normalized spacial score (nSPS) is 26.3. The lowest BCUT2D eigenvalue weighted by atomic mass is 9.89. The maximum Gasteiger partial charge on any atom is 0.417 e. The van der Waals surface area contributed by atoms with Gasteiger partial charge in [0.15, 0.2) is 23.0 Å². The molecule has 0 amide bonds. The van der Waals surface area contributed by atoms with E-state index in [-0.39, 0.29) is 17.7 Å². The van der Waals surface area contributed by atoms with Crippen molar-refractivity contribution < 1.29 is 42.1 Å². The molecule has 2 aromatic heterocycles. The van der Waals surface area contributed by atoms with Crippen molar-refractivity contribution in [3.05, 3.63) is 70.1 Å². The van der Waals surface area contributed by atoms with E-state index in [2.05, 4.69) is 20.5 Å². The maximum atomic E-state index is 13.8. The van der Waals surface area contributed by atoms with Crippen molar-refractivity contribution in [2.24, 2.45) is 5.16 Å². The van der Waals surface area contributed by atoms with Gasteiger partial charge in [0.2, 0.25) is 0 Å². The fraction of sp³-hybridized carbons (Fsp3) is 0.385. The topological polar surface area (TPSA) is 157 Å². The van der Waals surface area contributed by atoms with Gasteiger partial charge in [-0.2, -0.15) is 0 Å². The van der Waals surface area contributed by atoms with Crippen LogP contribution in [-0.2, 0) is 14.3 Å². The van der Waals surface area contributed by atoms with Crippen LogP contribution in [0, 0.1) is 17.5 Å². The summed E-state index contributed by atoms with van der Waals surface area (Å²) in [5.74, 6) is -4.93. The molecule has 0 aliphatic carbocycles. The zero-order chi connectivity index (χ0) is 28.8. The number of hydrogen-bond donors (Lipinski definition) is 3. The second-order valence-corrected chi connectivity index (χ2v) is 9.85. The Morgan fingerprint density at radius 3 is 2.66 bits per heavy atom. The summed E-state index contributed by atoms with van der Waals surface area (Å²) in [4.78, 5) is 19.7.